The third-order valence-corrected chi connectivity index (χ3v) is 4.67. The largest absolute Gasteiger partial charge is 0.358 e. The summed E-state index contributed by atoms with van der Waals surface area (Å²) < 4.78 is 0. The van der Waals surface area contributed by atoms with E-state index >= 15 is 0 Å². The van der Waals surface area contributed by atoms with Crippen LogP contribution in [0.2, 0.25) is 0 Å². The molecule has 0 radical (unpaired) electrons. The van der Waals surface area contributed by atoms with Crippen LogP contribution in [0.4, 0.5) is 0 Å². The van der Waals surface area contributed by atoms with E-state index in [1.807, 2.05) is 17.9 Å². The first kappa shape index (κ1) is 14.1. The fraction of sp³-hybridized carbons (Fsp3) is 0.667. The van der Waals surface area contributed by atoms with Crippen LogP contribution in [-0.4, -0.2) is 47.0 Å². The first-order valence-electron chi connectivity index (χ1n) is 7.60. The topological polar surface area (TPSA) is 78.1 Å². The van der Waals surface area contributed by atoms with Crippen LogP contribution in [0.15, 0.2) is 6.07 Å². The van der Waals surface area contributed by atoms with Crippen LogP contribution in [0.1, 0.15) is 43.0 Å². The SMILES string of the molecule is CNC(=O)C1(C(=O)N2CCC[C@H](c3cc(C)[nH]n3)C2)CC1. The summed E-state index contributed by atoms with van der Waals surface area (Å²) >= 11 is 0. The Morgan fingerprint density at radius 1 is 1.48 bits per heavy atom. The molecule has 2 fully saturated rings. The summed E-state index contributed by atoms with van der Waals surface area (Å²) in [5, 5.41) is 9.91. The van der Waals surface area contributed by atoms with Gasteiger partial charge in [0.25, 0.3) is 0 Å². The van der Waals surface area contributed by atoms with Crippen LogP contribution in [0.25, 0.3) is 0 Å². The monoisotopic (exact) mass is 290 g/mol. The number of hydrogen-bond acceptors (Lipinski definition) is 3. The number of rotatable bonds is 3. The third-order valence-electron chi connectivity index (χ3n) is 4.67. The summed E-state index contributed by atoms with van der Waals surface area (Å²) in [4.78, 5) is 26.5. The normalized spacial score (nSPS) is 23.7. The van der Waals surface area contributed by atoms with Crippen LogP contribution < -0.4 is 5.32 Å². The average molecular weight is 290 g/mol. The van der Waals surface area contributed by atoms with Gasteiger partial charge in [-0.3, -0.25) is 14.7 Å². The van der Waals surface area contributed by atoms with Gasteiger partial charge < -0.3 is 10.2 Å². The second-order valence-electron chi connectivity index (χ2n) is 6.23. The van der Waals surface area contributed by atoms with E-state index in [-0.39, 0.29) is 17.7 Å². The van der Waals surface area contributed by atoms with Crippen molar-refractivity contribution in [3.05, 3.63) is 17.5 Å². The fourth-order valence-corrected chi connectivity index (χ4v) is 3.26. The van der Waals surface area contributed by atoms with E-state index in [0.29, 0.717) is 19.4 Å². The standard InChI is InChI=1S/C15H22N4O2/c1-10-8-12(18-17-10)11-4-3-7-19(9-11)14(21)15(5-6-15)13(20)16-2/h8,11H,3-7,9H2,1-2H3,(H,16,20)(H,17,18)/t11-/m0/s1. The van der Waals surface area contributed by atoms with Crippen LogP contribution in [-0.2, 0) is 9.59 Å². The van der Waals surface area contributed by atoms with Crippen LogP contribution in [0.5, 0.6) is 0 Å². The zero-order chi connectivity index (χ0) is 15.0. The summed E-state index contributed by atoms with van der Waals surface area (Å²) in [6.45, 7) is 3.40. The minimum Gasteiger partial charge on any atom is -0.358 e. The smallest absolute Gasteiger partial charge is 0.238 e. The molecule has 1 aliphatic carbocycles. The highest BCUT2D eigenvalue weighted by Crippen LogP contribution is 2.48. The Morgan fingerprint density at radius 2 is 2.24 bits per heavy atom. The molecule has 1 aromatic rings. The summed E-state index contributed by atoms with van der Waals surface area (Å²) in [6, 6.07) is 2.05. The number of aromatic amines is 1. The Balaban J connectivity index is 1.72. The molecule has 2 amide bonds. The molecule has 114 valence electrons. The number of nitrogens with zero attached hydrogens (tertiary/aromatic N) is 2. The Labute approximate surface area is 124 Å². The number of aromatic nitrogens is 2. The predicted octanol–water partition coefficient (Wildman–Crippen LogP) is 0.950. The molecular formula is C15H22N4O2. The lowest BCUT2D eigenvalue weighted by molar-refractivity contribution is -0.145. The van der Waals surface area contributed by atoms with Gasteiger partial charge in [-0.05, 0) is 38.7 Å². The highest BCUT2D eigenvalue weighted by molar-refractivity contribution is 6.07. The molecule has 1 aromatic heterocycles. The quantitative estimate of drug-likeness (QED) is 0.814. The van der Waals surface area contributed by atoms with Crippen LogP contribution in [0.3, 0.4) is 0 Å². The molecular weight excluding hydrogens is 268 g/mol. The number of carbonyl (C=O) groups excluding carboxylic acids is 2. The van der Waals surface area contributed by atoms with Gasteiger partial charge >= 0.3 is 0 Å². The molecule has 1 atom stereocenters. The van der Waals surface area contributed by atoms with E-state index in [1.54, 1.807) is 7.05 Å². The number of piperidine rings is 1. The Morgan fingerprint density at radius 3 is 2.81 bits per heavy atom. The number of hydrogen-bond donors (Lipinski definition) is 2. The van der Waals surface area contributed by atoms with Crippen molar-refractivity contribution in [3.63, 3.8) is 0 Å². The molecule has 6 heteroatoms. The van der Waals surface area contributed by atoms with Crippen molar-refractivity contribution in [1.29, 1.82) is 0 Å². The van der Waals surface area contributed by atoms with Gasteiger partial charge in [-0.1, -0.05) is 0 Å². The molecule has 1 saturated carbocycles. The minimum atomic E-state index is -0.780. The van der Waals surface area contributed by atoms with Crippen molar-refractivity contribution < 1.29 is 9.59 Å². The summed E-state index contributed by atoms with van der Waals surface area (Å²) in [6.07, 6.45) is 3.36. The van der Waals surface area contributed by atoms with Crippen molar-refractivity contribution >= 4 is 11.8 Å². The second-order valence-corrected chi connectivity index (χ2v) is 6.23. The maximum atomic E-state index is 12.7. The second kappa shape index (κ2) is 5.16. The number of carbonyl (C=O) groups is 2. The summed E-state index contributed by atoms with van der Waals surface area (Å²) in [7, 11) is 1.60. The molecule has 2 N–H and O–H groups in total. The van der Waals surface area contributed by atoms with Gasteiger partial charge in [0.1, 0.15) is 5.41 Å². The van der Waals surface area contributed by atoms with Crippen molar-refractivity contribution in [3.8, 4) is 0 Å². The average Bonchev–Trinajstić information content (AvgIpc) is 3.21. The maximum Gasteiger partial charge on any atom is 0.238 e. The lowest BCUT2D eigenvalue weighted by Crippen LogP contribution is -2.47. The lowest BCUT2D eigenvalue weighted by Gasteiger charge is -2.34. The Kier molecular flexibility index (Phi) is 3.47. The molecule has 0 spiro atoms. The van der Waals surface area contributed by atoms with Gasteiger partial charge in [0.15, 0.2) is 0 Å². The molecule has 2 aliphatic rings. The van der Waals surface area contributed by atoms with Crippen molar-refractivity contribution in [2.75, 3.05) is 20.1 Å². The molecule has 6 nitrogen and oxygen atoms in total. The van der Waals surface area contributed by atoms with E-state index in [1.165, 1.54) is 0 Å². The summed E-state index contributed by atoms with van der Waals surface area (Å²) in [5.41, 5.74) is 1.28. The highest BCUT2D eigenvalue weighted by atomic mass is 16.2. The van der Waals surface area contributed by atoms with Gasteiger partial charge in [-0.2, -0.15) is 5.10 Å². The summed E-state index contributed by atoms with van der Waals surface area (Å²) in [5.74, 6) is 0.136. The zero-order valence-electron chi connectivity index (χ0n) is 12.6. The number of nitrogens with one attached hydrogen (secondary N) is 2. The van der Waals surface area contributed by atoms with E-state index in [4.69, 9.17) is 0 Å². The van der Waals surface area contributed by atoms with Crippen LogP contribution in [0, 0.1) is 12.3 Å². The molecule has 0 aromatic carbocycles. The molecule has 1 saturated heterocycles. The van der Waals surface area contributed by atoms with Crippen molar-refractivity contribution in [2.45, 2.75) is 38.5 Å². The molecule has 0 unspecified atom stereocenters. The Hall–Kier alpha value is -1.85. The minimum absolute atomic E-state index is 0.00110. The van der Waals surface area contributed by atoms with Gasteiger partial charge in [0.2, 0.25) is 11.8 Å². The Bertz CT molecular complexity index is 562. The predicted molar refractivity (Wildman–Crippen MR) is 77.6 cm³/mol. The highest BCUT2D eigenvalue weighted by Gasteiger charge is 2.57. The van der Waals surface area contributed by atoms with E-state index in [0.717, 1.165) is 30.8 Å². The first-order chi connectivity index (χ1) is 10.1. The molecule has 1 aliphatic heterocycles. The van der Waals surface area contributed by atoms with E-state index in [2.05, 4.69) is 15.5 Å². The fourth-order valence-electron chi connectivity index (χ4n) is 3.26. The van der Waals surface area contributed by atoms with E-state index < -0.39 is 5.41 Å². The van der Waals surface area contributed by atoms with Gasteiger partial charge in [-0.15, -0.1) is 0 Å². The number of likely N-dealkylation sites (tertiary alicyclic amines) is 1. The third kappa shape index (κ3) is 2.43. The number of H-pyrrole nitrogens is 1. The van der Waals surface area contributed by atoms with Gasteiger partial charge in [0.05, 0.1) is 5.69 Å². The van der Waals surface area contributed by atoms with Crippen LogP contribution >= 0.6 is 0 Å². The van der Waals surface area contributed by atoms with Crippen molar-refractivity contribution in [1.82, 2.24) is 20.4 Å². The molecule has 3 rings (SSSR count). The van der Waals surface area contributed by atoms with Gasteiger partial charge in [0, 0.05) is 31.7 Å². The number of amides is 2. The van der Waals surface area contributed by atoms with Gasteiger partial charge in [-0.25, -0.2) is 0 Å². The van der Waals surface area contributed by atoms with Crippen molar-refractivity contribution in [2.24, 2.45) is 5.41 Å². The lowest BCUT2D eigenvalue weighted by atomic mass is 9.93. The van der Waals surface area contributed by atoms with E-state index in [9.17, 15) is 9.59 Å². The zero-order valence-corrected chi connectivity index (χ0v) is 12.6. The number of aryl methyl sites for hydroxylation is 1. The molecule has 2 heterocycles. The molecule has 0 bridgehead atoms. The molecule has 21 heavy (non-hydrogen) atoms. The maximum absolute atomic E-state index is 12.7. The first-order valence-corrected chi connectivity index (χ1v) is 7.60.